The lowest BCUT2D eigenvalue weighted by Crippen LogP contribution is -2.20. The molecule has 2 aromatic heterocycles. The molecule has 1 unspecified atom stereocenters. The lowest BCUT2D eigenvalue weighted by atomic mass is 9.84. The molecule has 34 heavy (non-hydrogen) atoms. The Balaban J connectivity index is 1.85. The zero-order chi connectivity index (χ0) is 24.0. The zero-order valence-electron chi connectivity index (χ0n) is 18.0. The van der Waals surface area contributed by atoms with Crippen molar-refractivity contribution >= 4 is 37.8 Å². The maximum Gasteiger partial charge on any atom is 0.380 e. The van der Waals surface area contributed by atoms with Gasteiger partial charge >= 0.3 is 10.3 Å². The fourth-order valence-electron chi connectivity index (χ4n) is 4.51. The summed E-state index contributed by atoms with van der Waals surface area (Å²) >= 11 is 0. The van der Waals surface area contributed by atoms with Crippen LogP contribution in [0.15, 0.2) is 79.1 Å². The Morgan fingerprint density at radius 2 is 1.74 bits per heavy atom. The van der Waals surface area contributed by atoms with Crippen molar-refractivity contribution in [1.82, 2.24) is 9.55 Å². The molecular weight excluding hydrogens is 456 g/mol. The van der Waals surface area contributed by atoms with E-state index in [0.717, 1.165) is 27.5 Å². The van der Waals surface area contributed by atoms with Gasteiger partial charge in [-0.15, -0.1) is 0 Å². The van der Waals surface area contributed by atoms with Gasteiger partial charge in [-0.3, -0.25) is 10.1 Å². The number of non-ortho nitro benzene ring substituents is 1. The molecule has 3 N–H and O–H groups in total. The predicted molar refractivity (Wildman–Crippen MR) is 129 cm³/mol. The Bertz CT molecular complexity index is 1670. The summed E-state index contributed by atoms with van der Waals surface area (Å²) in [5.41, 5.74) is 3.84. The number of rotatable bonds is 6. The number of benzene rings is 3. The van der Waals surface area contributed by atoms with Gasteiger partial charge in [-0.05, 0) is 29.3 Å². The van der Waals surface area contributed by atoms with Crippen LogP contribution in [0.3, 0.4) is 0 Å². The molecule has 5 aromatic rings. The van der Waals surface area contributed by atoms with Crippen LogP contribution in [0.1, 0.15) is 22.6 Å². The Kier molecular flexibility index (Phi) is 5.11. The lowest BCUT2D eigenvalue weighted by molar-refractivity contribution is -0.384. The van der Waals surface area contributed by atoms with Crippen molar-refractivity contribution in [3.63, 3.8) is 0 Å². The number of H-pyrrole nitrogens is 1. The van der Waals surface area contributed by atoms with Crippen LogP contribution in [0.2, 0.25) is 0 Å². The second-order valence-electron chi connectivity index (χ2n) is 7.99. The molecule has 5 rings (SSSR count). The average Bonchev–Trinajstić information content (AvgIpc) is 3.36. The molecule has 0 spiro atoms. The molecule has 0 amide bonds. The molecule has 172 valence electrons. The summed E-state index contributed by atoms with van der Waals surface area (Å²) in [6, 6.07) is 19.2. The van der Waals surface area contributed by atoms with Gasteiger partial charge in [0.15, 0.2) is 0 Å². The van der Waals surface area contributed by atoms with Crippen molar-refractivity contribution in [2.24, 2.45) is 12.2 Å². The van der Waals surface area contributed by atoms with Crippen LogP contribution in [-0.4, -0.2) is 22.9 Å². The minimum atomic E-state index is -4.28. The van der Waals surface area contributed by atoms with Crippen LogP contribution < -0.4 is 9.32 Å². The molecular formula is C24H20N4O5S. The molecule has 3 aromatic carbocycles. The van der Waals surface area contributed by atoms with Gasteiger partial charge in [0, 0.05) is 64.9 Å². The summed E-state index contributed by atoms with van der Waals surface area (Å²) < 4.78 is 30.7. The summed E-state index contributed by atoms with van der Waals surface area (Å²) in [7, 11) is -2.43. The lowest BCUT2D eigenvalue weighted by Gasteiger charge is -2.20. The van der Waals surface area contributed by atoms with Gasteiger partial charge in [-0.25, -0.2) is 0 Å². The standard InChI is InChI=1S/C24H20N4O5S/c1-27-14-20(18-12-15(28(29)30)10-11-22(18)27)24(19-13-26-21-8-4-2-6-16(19)21)17-7-3-5-9-23(17)33-34(25,31)32/h2-14,24,26H,1H3,(H2,25,31,32). The van der Waals surface area contributed by atoms with Crippen molar-refractivity contribution in [3.05, 3.63) is 106 Å². The number of aromatic nitrogens is 2. The quantitative estimate of drug-likeness (QED) is 0.278. The van der Waals surface area contributed by atoms with Gasteiger partial charge in [0.2, 0.25) is 0 Å². The zero-order valence-corrected chi connectivity index (χ0v) is 18.8. The van der Waals surface area contributed by atoms with E-state index in [2.05, 4.69) is 4.98 Å². The van der Waals surface area contributed by atoms with E-state index in [1.165, 1.54) is 18.2 Å². The number of nitrogens with two attached hydrogens (primary N) is 1. The average molecular weight is 477 g/mol. The van der Waals surface area contributed by atoms with E-state index in [4.69, 9.17) is 9.32 Å². The van der Waals surface area contributed by atoms with Crippen LogP contribution in [0, 0.1) is 10.1 Å². The SMILES string of the molecule is Cn1cc(C(c2ccccc2OS(N)(=O)=O)c2c[nH]c3ccccc23)c2cc([N+](=O)[O-])ccc21. The highest BCUT2D eigenvalue weighted by atomic mass is 32.2. The number of fused-ring (bicyclic) bond motifs is 2. The van der Waals surface area contributed by atoms with Crippen molar-refractivity contribution in [2.45, 2.75) is 5.92 Å². The first-order chi connectivity index (χ1) is 16.2. The first-order valence-electron chi connectivity index (χ1n) is 10.3. The number of nitrogens with zero attached hydrogens (tertiary/aromatic N) is 2. The molecule has 0 bridgehead atoms. The third-order valence-corrected chi connectivity index (χ3v) is 6.31. The van der Waals surface area contributed by atoms with Crippen molar-refractivity contribution in [3.8, 4) is 5.75 Å². The third-order valence-electron chi connectivity index (χ3n) is 5.89. The van der Waals surface area contributed by atoms with Gasteiger partial charge in [-0.2, -0.15) is 13.6 Å². The van der Waals surface area contributed by atoms with Crippen LogP contribution in [-0.2, 0) is 17.4 Å². The Labute approximate surface area is 194 Å². The second kappa shape index (κ2) is 8.01. The summed E-state index contributed by atoms with van der Waals surface area (Å²) in [4.78, 5) is 14.3. The fraction of sp³-hybridized carbons (Fsp3) is 0.0833. The van der Waals surface area contributed by atoms with E-state index in [-0.39, 0.29) is 11.4 Å². The number of hydrogen-bond acceptors (Lipinski definition) is 5. The highest BCUT2D eigenvalue weighted by molar-refractivity contribution is 7.84. The maximum atomic E-state index is 11.8. The largest absolute Gasteiger partial charge is 0.380 e. The number of nitro groups is 1. The third kappa shape index (κ3) is 3.78. The van der Waals surface area contributed by atoms with Crippen LogP contribution in [0.25, 0.3) is 21.8 Å². The Morgan fingerprint density at radius 3 is 2.50 bits per heavy atom. The number of nitro benzene ring substituents is 1. The molecule has 0 saturated carbocycles. The number of nitrogens with one attached hydrogen (secondary N) is 1. The van der Waals surface area contributed by atoms with Crippen LogP contribution in [0.5, 0.6) is 5.75 Å². The summed E-state index contributed by atoms with van der Waals surface area (Å²) in [6.07, 6.45) is 3.76. The number of hydrogen-bond donors (Lipinski definition) is 2. The molecule has 2 heterocycles. The molecule has 0 fully saturated rings. The minimum absolute atomic E-state index is 0.0355. The molecule has 0 aliphatic carbocycles. The molecule has 0 radical (unpaired) electrons. The smallest absolute Gasteiger partial charge is 0.371 e. The molecule has 0 aliphatic rings. The normalized spacial score (nSPS) is 12.8. The van der Waals surface area contributed by atoms with Crippen molar-refractivity contribution in [1.29, 1.82) is 0 Å². The highest BCUT2D eigenvalue weighted by Crippen LogP contribution is 2.43. The van der Waals surface area contributed by atoms with Gasteiger partial charge in [0.25, 0.3) is 5.69 Å². The van der Waals surface area contributed by atoms with E-state index in [0.29, 0.717) is 10.9 Å². The summed E-state index contributed by atoms with van der Waals surface area (Å²) in [5, 5.41) is 18.3. The van der Waals surface area contributed by atoms with E-state index >= 15 is 0 Å². The number of aryl methyl sites for hydroxylation is 1. The molecule has 10 heteroatoms. The molecule has 0 saturated heterocycles. The monoisotopic (exact) mass is 476 g/mol. The maximum absolute atomic E-state index is 11.8. The second-order valence-corrected chi connectivity index (χ2v) is 9.14. The van der Waals surface area contributed by atoms with Crippen LogP contribution in [0.4, 0.5) is 5.69 Å². The summed E-state index contributed by atoms with van der Waals surface area (Å²) in [6.45, 7) is 0. The van der Waals surface area contributed by atoms with E-state index in [1.807, 2.05) is 48.3 Å². The minimum Gasteiger partial charge on any atom is -0.371 e. The number of para-hydroxylation sites is 2. The summed E-state index contributed by atoms with van der Waals surface area (Å²) in [5.74, 6) is -0.428. The molecule has 0 aliphatic heterocycles. The highest BCUT2D eigenvalue weighted by Gasteiger charge is 2.28. The fourth-order valence-corrected chi connectivity index (χ4v) is 4.91. The van der Waals surface area contributed by atoms with Gasteiger partial charge < -0.3 is 13.7 Å². The molecule has 9 nitrogen and oxygen atoms in total. The Morgan fingerprint density at radius 1 is 1.00 bits per heavy atom. The van der Waals surface area contributed by atoms with E-state index in [9.17, 15) is 18.5 Å². The van der Waals surface area contributed by atoms with Crippen molar-refractivity contribution < 1.29 is 17.5 Å². The van der Waals surface area contributed by atoms with Crippen LogP contribution >= 0.6 is 0 Å². The first-order valence-corrected chi connectivity index (χ1v) is 11.8. The van der Waals surface area contributed by atoms with E-state index in [1.54, 1.807) is 24.3 Å². The van der Waals surface area contributed by atoms with Gasteiger partial charge in [-0.1, -0.05) is 36.4 Å². The van der Waals surface area contributed by atoms with Gasteiger partial charge in [0.1, 0.15) is 5.75 Å². The van der Waals surface area contributed by atoms with Gasteiger partial charge in [0.05, 0.1) is 4.92 Å². The topological polar surface area (TPSA) is 133 Å². The molecule has 1 atom stereocenters. The first kappa shape index (κ1) is 21.7. The number of aromatic amines is 1. The van der Waals surface area contributed by atoms with Crippen molar-refractivity contribution in [2.75, 3.05) is 0 Å². The van der Waals surface area contributed by atoms with E-state index < -0.39 is 21.1 Å². The Hall–Kier alpha value is -4.15. The predicted octanol–water partition coefficient (Wildman–Crippen LogP) is 4.33.